The van der Waals surface area contributed by atoms with Gasteiger partial charge in [-0.25, -0.2) is 4.39 Å². The first-order chi connectivity index (χ1) is 10.5. The third kappa shape index (κ3) is 2.65. The fourth-order valence-electron chi connectivity index (χ4n) is 2.25. The maximum atomic E-state index is 13.0. The van der Waals surface area contributed by atoms with Crippen molar-refractivity contribution < 1.29 is 14.1 Å². The average Bonchev–Trinajstić information content (AvgIpc) is 2.47. The molecule has 0 aliphatic carbocycles. The maximum Gasteiger partial charge on any atom is 0.291 e. The molecule has 3 rings (SSSR count). The molecule has 1 unspecified atom stereocenters. The summed E-state index contributed by atoms with van der Waals surface area (Å²) in [6, 6.07) is 8.34. The van der Waals surface area contributed by atoms with Crippen LogP contribution in [0.5, 0.6) is 5.75 Å². The highest BCUT2D eigenvalue weighted by atomic mass is 35.5. The second kappa shape index (κ2) is 5.59. The van der Waals surface area contributed by atoms with Crippen LogP contribution >= 0.6 is 23.2 Å². The highest BCUT2D eigenvalue weighted by Crippen LogP contribution is 2.42. The van der Waals surface area contributed by atoms with E-state index in [1.54, 1.807) is 0 Å². The molecule has 0 saturated heterocycles. The number of hydrogen-bond donors (Lipinski definition) is 0. The second-order valence-electron chi connectivity index (χ2n) is 4.68. The molecule has 0 spiro atoms. The lowest BCUT2D eigenvalue weighted by molar-refractivity contribution is -0.434. The Bertz CT molecular complexity index is 790. The van der Waals surface area contributed by atoms with Crippen LogP contribution in [0.4, 0.5) is 4.39 Å². The molecule has 0 bridgehead atoms. The van der Waals surface area contributed by atoms with Crippen LogP contribution in [-0.4, -0.2) is 4.92 Å². The molecule has 1 atom stereocenters. The molecule has 0 saturated carbocycles. The van der Waals surface area contributed by atoms with Gasteiger partial charge < -0.3 is 4.74 Å². The summed E-state index contributed by atoms with van der Waals surface area (Å²) in [4.78, 5) is 10.8. The second-order valence-corrected chi connectivity index (χ2v) is 5.53. The molecule has 2 aromatic rings. The number of fused-ring (bicyclic) bond motifs is 1. The number of benzene rings is 2. The molecule has 4 nitrogen and oxygen atoms in total. The van der Waals surface area contributed by atoms with Crippen LogP contribution in [0.1, 0.15) is 17.2 Å². The molecule has 1 heterocycles. The van der Waals surface area contributed by atoms with Crippen LogP contribution in [0, 0.1) is 15.9 Å². The number of halogens is 3. The van der Waals surface area contributed by atoms with Crippen LogP contribution in [0.3, 0.4) is 0 Å². The predicted octanol–water partition coefficient (Wildman–Crippen LogP) is 4.88. The highest BCUT2D eigenvalue weighted by Gasteiger charge is 2.34. The first-order valence-electron chi connectivity index (χ1n) is 6.23. The van der Waals surface area contributed by atoms with Crippen molar-refractivity contribution in [1.29, 1.82) is 0 Å². The van der Waals surface area contributed by atoms with E-state index in [9.17, 15) is 14.5 Å². The molecular weight excluding hydrogens is 332 g/mol. The number of nitrogens with zero attached hydrogens (tertiary/aromatic N) is 1. The normalized spacial score (nSPS) is 16.5. The summed E-state index contributed by atoms with van der Waals surface area (Å²) in [5.74, 6) is -0.123. The van der Waals surface area contributed by atoms with E-state index in [1.165, 1.54) is 42.5 Å². The summed E-state index contributed by atoms with van der Waals surface area (Å²) < 4.78 is 18.7. The SMILES string of the molecule is O=[N+]([O-])C1=Cc2cc(Cl)cc(Cl)c2OC1c1ccc(F)cc1. The van der Waals surface area contributed by atoms with E-state index in [1.807, 2.05) is 0 Å². The number of rotatable bonds is 2. The summed E-state index contributed by atoms with van der Waals surface area (Å²) >= 11 is 12.0. The number of ether oxygens (including phenoxy) is 1. The molecular formula is C15H8Cl2FNO3. The Labute approximate surface area is 134 Å². The predicted molar refractivity (Wildman–Crippen MR) is 81.2 cm³/mol. The zero-order valence-corrected chi connectivity index (χ0v) is 12.4. The van der Waals surface area contributed by atoms with Gasteiger partial charge in [0, 0.05) is 22.2 Å². The van der Waals surface area contributed by atoms with E-state index >= 15 is 0 Å². The van der Waals surface area contributed by atoms with Gasteiger partial charge in [-0.05, 0) is 24.3 Å². The Kier molecular flexibility index (Phi) is 3.76. The van der Waals surface area contributed by atoms with Gasteiger partial charge in [0.25, 0.3) is 5.70 Å². The zero-order chi connectivity index (χ0) is 15.9. The molecule has 1 aliphatic heterocycles. The number of nitro groups is 1. The average molecular weight is 340 g/mol. The van der Waals surface area contributed by atoms with E-state index in [2.05, 4.69) is 0 Å². The molecule has 0 amide bonds. The van der Waals surface area contributed by atoms with Crippen molar-refractivity contribution in [3.63, 3.8) is 0 Å². The first kappa shape index (κ1) is 14.8. The van der Waals surface area contributed by atoms with E-state index in [0.717, 1.165) is 0 Å². The lowest BCUT2D eigenvalue weighted by Crippen LogP contribution is -2.20. The van der Waals surface area contributed by atoms with Gasteiger partial charge in [0.2, 0.25) is 6.10 Å². The van der Waals surface area contributed by atoms with Crippen LogP contribution in [0.25, 0.3) is 6.08 Å². The standard InChI is InChI=1S/C15H8Cl2FNO3/c16-10-5-9-6-13(19(20)21)15(22-14(9)12(17)7-10)8-1-3-11(18)4-2-8/h1-7,15H. The van der Waals surface area contributed by atoms with E-state index in [-0.39, 0.29) is 10.7 Å². The molecule has 22 heavy (non-hydrogen) atoms. The number of hydrogen-bond acceptors (Lipinski definition) is 3. The van der Waals surface area contributed by atoms with Crippen molar-refractivity contribution in [1.82, 2.24) is 0 Å². The minimum absolute atomic E-state index is 0.169. The summed E-state index contributed by atoms with van der Waals surface area (Å²) in [6.07, 6.45) is 0.395. The third-order valence-corrected chi connectivity index (χ3v) is 3.73. The lowest BCUT2D eigenvalue weighted by atomic mass is 10.0. The molecule has 0 aromatic heterocycles. The molecule has 112 valence electrons. The summed E-state index contributed by atoms with van der Waals surface area (Å²) in [6.45, 7) is 0. The minimum Gasteiger partial charge on any atom is -0.472 e. The molecule has 2 aromatic carbocycles. The monoisotopic (exact) mass is 339 g/mol. The molecule has 0 radical (unpaired) electrons. The van der Waals surface area contributed by atoms with Gasteiger partial charge in [0.15, 0.2) is 0 Å². The van der Waals surface area contributed by atoms with E-state index in [0.29, 0.717) is 21.9 Å². The van der Waals surface area contributed by atoms with Crippen molar-refractivity contribution in [3.8, 4) is 5.75 Å². The largest absolute Gasteiger partial charge is 0.472 e. The van der Waals surface area contributed by atoms with Crippen molar-refractivity contribution in [3.05, 3.63) is 79.2 Å². The van der Waals surface area contributed by atoms with Gasteiger partial charge in [-0.3, -0.25) is 10.1 Å². The highest BCUT2D eigenvalue weighted by molar-refractivity contribution is 6.36. The molecule has 0 fully saturated rings. The third-order valence-electron chi connectivity index (χ3n) is 3.23. The zero-order valence-electron chi connectivity index (χ0n) is 10.9. The topological polar surface area (TPSA) is 52.4 Å². The fraction of sp³-hybridized carbons (Fsp3) is 0.0667. The smallest absolute Gasteiger partial charge is 0.291 e. The van der Waals surface area contributed by atoms with E-state index < -0.39 is 16.8 Å². The molecule has 0 N–H and O–H groups in total. The minimum atomic E-state index is -0.971. The summed E-state index contributed by atoms with van der Waals surface area (Å²) in [7, 11) is 0. The van der Waals surface area contributed by atoms with Crippen LogP contribution < -0.4 is 4.74 Å². The van der Waals surface area contributed by atoms with Gasteiger partial charge in [0.05, 0.1) is 9.95 Å². The summed E-state index contributed by atoms with van der Waals surface area (Å²) in [5.41, 5.74) is 0.723. The quantitative estimate of drug-likeness (QED) is 0.578. The Morgan fingerprint density at radius 1 is 1.18 bits per heavy atom. The Hall–Kier alpha value is -2.11. The Morgan fingerprint density at radius 2 is 1.86 bits per heavy atom. The Balaban J connectivity index is 2.13. The van der Waals surface area contributed by atoms with Gasteiger partial charge in [-0.1, -0.05) is 35.3 Å². The molecule has 1 aliphatic rings. The van der Waals surface area contributed by atoms with Gasteiger partial charge in [-0.15, -0.1) is 0 Å². The van der Waals surface area contributed by atoms with Crippen molar-refractivity contribution in [2.24, 2.45) is 0 Å². The fourth-order valence-corrected chi connectivity index (χ4v) is 2.80. The van der Waals surface area contributed by atoms with Crippen LogP contribution in [-0.2, 0) is 0 Å². The maximum absolute atomic E-state index is 13.0. The van der Waals surface area contributed by atoms with Gasteiger partial charge >= 0.3 is 0 Å². The van der Waals surface area contributed by atoms with Crippen molar-refractivity contribution in [2.45, 2.75) is 6.10 Å². The van der Waals surface area contributed by atoms with Gasteiger partial charge in [-0.2, -0.15) is 0 Å². The van der Waals surface area contributed by atoms with Crippen molar-refractivity contribution >= 4 is 29.3 Å². The van der Waals surface area contributed by atoms with Crippen molar-refractivity contribution in [2.75, 3.05) is 0 Å². The van der Waals surface area contributed by atoms with Crippen LogP contribution in [0.2, 0.25) is 10.0 Å². The van der Waals surface area contributed by atoms with Gasteiger partial charge in [0.1, 0.15) is 11.6 Å². The van der Waals surface area contributed by atoms with E-state index in [4.69, 9.17) is 27.9 Å². The lowest BCUT2D eigenvalue weighted by Gasteiger charge is -2.23. The first-order valence-corrected chi connectivity index (χ1v) is 6.98. The molecule has 7 heteroatoms. The Morgan fingerprint density at radius 3 is 2.50 bits per heavy atom. The summed E-state index contributed by atoms with van der Waals surface area (Å²) in [5, 5.41) is 11.9. The van der Waals surface area contributed by atoms with Crippen LogP contribution in [0.15, 0.2) is 42.1 Å².